The van der Waals surface area contributed by atoms with E-state index in [-0.39, 0.29) is 0 Å². The fourth-order valence-corrected chi connectivity index (χ4v) is 6.61. The highest BCUT2D eigenvalue weighted by atomic mass is 32.2. The fourth-order valence-electron chi connectivity index (χ4n) is 3.73. The average molecular weight is 422 g/mol. The molecule has 2 aliphatic rings. The van der Waals surface area contributed by atoms with Crippen LogP contribution in [-0.2, 0) is 16.4 Å². The minimum absolute atomic E-state index is 0.451. The van der Waals surface area contributed by atoms with E-state index in [1.54, 1.807) is 10.4 Å². The number of anilines is 2. The predicted molar refractivity (Wildman–Crippen MR) is 113 cm³/mol. The maximum atomic E-state index is 12.9. The van der Waals surface area contributed by atoms with Crippen LogP contribution in [0.3, 0.4) is 0 Å². The Balaban J connectivity index is 1.42. The molecule has 2 aromatic heterocycles. The first kappa shape index (κ1) is 19.6. The molecule has 4 rings (SSSR count). The van der Waals surface area contributed by atoms with Gasteiger partial charge in [-0.25, -0.2) is 13.4 Å². The van der Waals surface area contributed by atoms with Gasteiger partial charge >= 0.3 is 0 Å². The molecular weight excluding hydrogens is 394 g/mol. The topological polar surface area (TPSA) is 69.6 Å². The molecule has 0 bridgehead atoms. The highest BCUT2D eigenvalue weighted by Crippen LogP contribution is 2.27. The first-order valence-electron chi connectivity index (χ1n) is 10.00. The Morgan fingerprint density at radius 1 is 0.964 bits per heavy atom. The first-order valence-corrected chi connectivity index (χ1v) is 12.3. The highest BCUT2D eigenvalue weighted by Gasteiger charge is 2.30. The third-order valence-corrected chi connectivity index (χ3v) is 9.00. The lowest BCUT2D eigenvalue weighted by molar-refractivity contribution is 0.384. The molecule has 2 fully saturated rings. The molecule has 0 unspecified atom stereocenters. The van der Waals surface area contributed by atoms with Gasteiger partial charge < -0.3 is 9.80 Å². The number of aryl methyl sites for hydroxylation is 1. The summed E-state index contributed by atoms with van der Waals surface area (Å²) < 4.78 is 27.9. The number of aromatic nitrogens is 2. The number of thiophene rings is 1. The van der Waals surface area contributed by atoms with E-state index in [4.69, 9.17) is 4.98 Å². The maximum absolute atomic E-state index is 12.9. The third-order valence-electron chi connectivity index (χ3n) is 5.41. The van der Waals surface area contributed by atoms with Crippen molar-refractivity contribution < 1.29 is 8.42 Å². The molecule has 2 aromatic rings. The number of hydrogen-bond donors (Lipinski definition) is 0. The van der Waals surface area contributed by atoms with Gasteiger partial charge in [0.25, 0.3) is 10.0 Å². The van der Waals surface area contributed by atoms with Gasteiger partial charge in [-0.1, -0.05) is 6.92 Å². The summed E-state index contributed by atoms with van der Waals surface area (Å²) in [4.78, 5) is 14.7. The minimum atomic E-state index is -3.40. The Morgan fingerprint density at radius 2 is 1.71 bits per heavy atom. The molecule has 0 saturated carbocycles. The van der Waals surface area contributed by atoms with Crippen LogP contribution in [0.5, 0.6) is 0 Å². The molecule has 4 heterocycles. The van der Waals surface area contributed by atoms with Crippen molar-refractivity contribution in [2.75, 3.05) is 49.1 Å². The molecule has 152 valence electrons. The van der Waals surface area contributed by atoms with Crippen molar-refractivity contribution in [3.63, 3.8) is 0 Å². The third kappa shape index (κ3) is 4.01. The summed E-state index contributed by atoms with van der Waals surface area (Å²) in [5.41, 5.74) is 0. The van der Waals surface area contributed by atoms with E-state index in [1.165, 1.54) is 30.6 Å². The smallest absolute Gasteiger partial charge is 0.252 e. The summed E-state index contributed by atoms with van der Waals surface area (Å²) in [5, 5.41) is 0. The molecule has 0 aromatic carbocycles. The van der Waals surface area contributed by atoms with E-state index in [0.717, 1.165) is 36.2 Å². The summed E-state index contributed by atoms with van der Waals surface area (Å²) in [7, 11) is -3.40. The number of piperazine rings is 1. The van der Waals surface area contributed by atoms with Crippen LogP contribution < -0.4 is 9.80 Å². The lowest BCUT2D eigenvalue weighted by atomic mass is 10.1. The second kappa shape index (κ2) is 8.34. The van der Waals surface area contributed by atoms with Gasteiger partial charge in [0.1, 0.15) is 10.0 Å². The maximum Gasteiger partial charge on any atom is 0.252 e. The molecule has 2 aliphatic heterocycles. The molecular formula is C19H27N5O2S2. The van der Waals surface area contributed by atoms with Crippen LogP contribution in [0.15, 0.2) is 28.6 Å². The van der Waals surface area contributed by atoms with Crippen molar-refractivity contribution in [1.82, 2.24) is 14.3 Å². The number of piperidine rings is 1. The van der Waals surface area contributed by atoms with Crippen LogP contribution >= 0.6 is 11.3 Å². The van der Waals surface area contributed by atoms with Gasteiger partial charge in [0.2, 0.25) is 5.95 Å². The van der Waals surface area contributed by atoms with Crippen LogP contribution in [0.25, 0.3) is 0 Å². The van der Waals surface area contributed by atoms with Crippen LogP contribution in [0.2, 0.25) is 0 Å². The average Bonchev–Trinajstić information content (AvgIpc) is 3.25. The van der Waals surface area contributed by atoms with Gasteiger partial charge in [-0.05, 0) is 43.9 Å². The second-order valence-corrected chi connectivity index (χ2v) is 10.6. The summed E-state index contributed by atoms with van der Waals surface area (Å²) >= 11 is 1.38. The highest BCUT2D eigenvalue weighted by molar-refractivity contribution is 7.91. The Bertz CT molecular complexity index is 901. The largest absolute Gasteiger partial charge is 0.354 e. The second-order valence-electron chi connectivity index (χ2n) is 7.23. The molecule has 0 amide bonds. The van der Waals surface area contributed by atoms with Gasteiger partial charge in [-0.2, -0.15) is 9.29 Å². The molecule has 0 radical (unpaired) electrons. The Hall–Kier alpha value is -1.71. The van der Waals surface area contributed by atoms with Crippen molar-refractivity contribution in [3.05, 3.63) is 29.3 Å². The monoisotopic (exact) mass is 421 g/mol. The van der Waals surface area contributed by atoms with Crippen LogP contribution in [0, 0.1) is 0 Å². The van der Waals surface area contributed by atoms with E-state index in [9.17, 15) is 8.42 Å². The fraction of sp³-hybridized carbons (Fsp3) is 0.579. The molecule has 7 nitrogen and oxygen atoms in total. The zero-order valence-corrected chi connectivity index (χ0v) is 17.9. The first-order chi connectivity index (χ1) is 13.6. The number of hydrogen-bond acceptors (Lipinski definition) is 7. The van der Waals surface area contributed by atoms with E-state index in [1.807, 2.05) is 25.3 Å². The van der Waals surface area contributed by atoms with Crippen molar-refractivity contribution in [1.29, 1.82) is 0 Å². The lowest BCUT2D eigenvalue weighted by Crippen LogP contribution is -2.48. The SMILES string of the molecule is CCc1ccc(S(=O)(=O)N2CCN(c3ccnc(N4CCCCC4)n3)CC2)s1. The van der Waals surface area contributed by atoms with Gasteiger partial charge in [-0.15, -0.1) is 11.3 Å². The van der Waals surface area contributed by atoms with Crippen molar-refractivity contribution in [3.8, 4) is 0 Å². The van der Waals surface area contributed by atoms with Crippen molar-refractivity contribution >= 4 is 33.1 Å². The number of sulfonamides is 1. The van der Waals surface area contributed by atoms with Crippen LogP contribution in [-0.4, -0.2) is 62.0 Å². The van der Waals surface area contributed by atoms with E-state index < -0.39 is 10.0 Å². The summed E-state index contributed by atoms with van der Waals surface area (Å²) in [6.45, 7) is 6.30. The zero-order valence-electron chi connectivity index (χ0n) is 16.2. The molecule has 0 N–H and O–H groups in total. The minimum Gasteiger partial charge on any atom is -0.354 e. The van der Waals surface area contributed by atoms with Crippen LogP contribution in [0.4, 0.5) is 11.8 Å². The zero-order chi connectivity index (χ0) is 19.6. The Morgan fingerprint density at radius 3 is 2.39 bits per heavy atom. The normalized spacial score (nSPS) is 19.2. The Kier molecular flexibility index (Phi) is 5.84. The molecule has 9 heteroatoms. The summed E-state index contributed by atoms with van der Waals surface area (Å²) in [6.07, 6.45) is 6.32. The summed E-state index contributed by atoms with van der Waals surface area (Å²) in [6, 6.07) is 5.57. The van der Waals surface area contributed by atoms with Crippen molar-refractivity contribution in [2.45, 2.75) is 36.8 Å². The Labute approximate surface area is 171 Å². The quantitative estimate of drug-likeness (QED) is 0.739. The van der Waals surface area contributed by atoms with Crippen molar-refractivity contribution in [2.24, 2.45) is 0 Å². The van der Waals surface area contributed by atoms with Gasteiger partial charge in [0.05, 0.1) is 0 Å². The van der Waals surface area contributed by atoms with E-state index in [2.05, 4.69) is 14.8 Å². The molecule has 2 saturated heterocycles. The molecule has 0 spiro atoms. The molecule has 28 heavy (non-hydrogen) atoms. The standard InChI is InChI=1S/C19H27N5O2S2/c1-2-16-6-7-18(27-16)28(25,26)24-14-12-22(13-15-24)17-8-9-20-19(21-17)23-10-4-3-5-11-23/h6-9H,2-5,10-15H2,1H3. The van der Waals surface area contributed by atoms with Gasteiger partial charge in [-0.3, -0.25) is 0 Å². The van der Waals surface area contributed by atoms with E-state index >= 15 is 0 Å². The van der Waals surface area contributed by atoms with Gasteiger partial charge in [0, 0.05) is 50.3 Å². The molecule has 0 atom stereocenters. The van der Waals surface area contributed by atoms with E-state index in [0.29, 0.717) is 30.4 Å². The summed E-state index contributed by atoms with van der Waals surface area (Å²) in [5.74, 6) is 1.68. The van der Waals surface area contributed by atoms with Crippen LogP contribution in [0.1, 0.15) is 31.1 Å². The number of rotatable bonds is 5. The molecule has 0 aliphatic carbocycles. The predicted octanol–water partition coefficient (Wildman–Crippen LogP) is 2.60. The number of nitrogens with zero attached hydrogens (tertiary/aromatic N) is 5. The lowest BCUT2D eigenvalue weighted by Gasteiger charge is -2.35. The van der Waals surface area contributed by atoms with Gasteiger partial charge in [0.15, 0.2) is 0 Å².